The third kappa shape index (κ3) is 4.92. The second-order valence-corrected chi connectivity index (χ2v) is 8.14. The first-order valence-electron chi connectivity index (χ1n) is 6.29. The van der Waals surface area contributed by atoms with Gasteiger partial charge in [-0.1, -0.05) is 12.1 Å². The van der Waals surface area contributed by atoms with Crippen LogP contribution in [0.2, 0.25) is 0 Å². The molecule has 0 aromatic heterocycles. The van der Waals surface area contributed by atoms with Crippen molar-refractivity contribution >= 4 is 15.7 Å². The van der Waals surface area contributed by atoms with Crippen LogP contribution < -0.4 is 5.32 Å². The molecule has 0 fully saturated rings. The lowest BCUT2D eigenvalue weighted by atomic mass is 10.1. The van der Waals surface area contributed by atoms with Gasteiger partial charge in [0.1, 0.15) is 11.1 Å². The van der Waals surface area contributed by atoms with Crippen LogP contribution in [0.5, 0.6) is 0 Å². The van der Waals surface area contributed by atoms with E-state index in [1.54, 1.807) is 20.8 Å². The molecule has 0 saturated carbocycles. The van der Waals surface area contributed by atoms with Gasteiger partial charge in [-0.2, -0.15) is 0 Å². The number of hydrogen-bond acceptors (Lipinski definition) is 3. The summed E-state index contributed by atoms with van der Waals surface area (Å²) < 4.78 is 37.1. The third-order valence-electron chi connectivity index (χ3n) is 2.69. The quantitative estimate of drug-likeness (QED) is 0.925. The second kappa shape index (κ2) is 5.91. The van der Waals surface area contributed by atoms with Crippen LogP contribution >= 0.6 is 0 Å². The molecule has 20 heavy (non-hydrogen) atoms. The molecule has 0 aliphatic carbocycles. The van der Waals surface area contributed by atoms with Crippen molar-refractivity contribution in [1.82, 2.24) is 5.32 Å². The fraction of sp³-hybridized carbons (Fsp3) is 0.500. The number of halogens is 1. The maximum atomic E-state index is 12.8. The van der Waals surface area contributed by atoms with Crippen LogP contribution in [0.4, 0.5) is 4.39 Å². The van der Waals surface area contributed by atoms with Crippen molar-refractivity contribution in [2.24, 2.45) is 0 Å². The first kappa shape index (κ1) is 16.6. The Hall–Kier alpha value is -1.43. The number of nitrogens with one attached hydrogen (secondary N) is 1. The zero-order valence-corrected chi connectivity index (χ0v) is 12.9. The van der Waals surface area contributed by atoms with Gasteiger partial charge in [0.2, 0.25) is 5.91 Å². The lowest BCUT2D eigenvalue weighted by Gasteiger charge is -2.23. The summed E-state index contributed by atoms with van der Waals surface area (Å²) in [6, 6.07) is 5.21. The highest BCUT2D eigenvalue weighted by Crippen LogP contribution is 2.13. The Bertz CT molecular complexity index is 573. The number of amides is 1. The smallest absolute Gasteiger partial charge is 0.238 e. The third-order valence-corrected chi connectivity index (χ3v) is 4.71. The summed E-state index contributed by atoms with van der Waals surface area (Å²) in [4.78, 5) is 11.9. The number of benzene rings is 1. The second-order valence-electron chi connectivity index (χ2n) is 5.82. The van der Waals surface area contributed by atoms with Gasteiger partial charge >= 0.3 is 0 Å². The molecule has 0 bridgehead atoms. The minimum Gasteiger partial charge on any atom is -0.350 e. The van der Waals surface area contributed by atoms with E-state index in [1.165, 1.54) is 31.2 Å². The van der Waals surface area contributed by atoms with Crippen molar-refractivity contribution in [3.63, 3.8) is 0 Å². The lowest BCUT2D eigenvalue weighted by molar-refractivity contribution is -0.121. The minimum atomic E-state index is -3.63. The molecular formula is C14H20FNO3S. The summed E-state index contributed by atoms with van der Waals surface area (Å²) in [5.74, 6) is -1.24. The largest absolute Gasteiger partial charge is 0.350 e. The molecule has 0 saturated heterocycles. The molecule has 0 aliphatic heterocycles. The summed E-state index contributed by atoms with van der Waals surface area (Å²) in [7, 11) is -3.63. The molecule has 112 valence electrons. The Morgan fingerprint density at radius 2 is 1.75 bits per heavy atom. The molecule has 1 aromatic rings. The van der Waals surface area contributed by atoms with Gasteiger partial charge in [0.05, 0.1) is 5.75 Å². The minimum absolute atomic E-state index is 0.286. The predicted octanol–water partition coefficient (Wildman–Crippen LogP) is 2.04. The van der Waals surface area contributed by atoms with Crippen LogP contribution in [0.3, 0.4) is 0 Å². The molecule has 1 N–H and O–H groups in total. The summed E-state index contributed by atoms with van der Waals surface area (Å²) in [5, 5.41) is 1.50. The van der Waals surface area contributed by atoms with Crippen LogP contribution in [0.25, 0.3) is 0 Å². The average Bonchev–Trinajstić information content (AvgIpc) is 2.28. The number of carbonyl (C=O) groups excluding carboxylic acids is 1. The van der Waals surface area contributed by atoms with Gasteiger partial charge in [0, 0.05) is 5.54 Å². The SMILES string of the molecule is CC(C(=O)NC(C)(C)C)S(=O)(=O)Cc1ccc(F)cc1. The van der Waals surface area contributed by atoms with Crippen LogP contribution in [-0.4, -0.2) is 25.1 Å². The molecule has 0 radical (unpaired) electrons. The highest BCUT2D eigenvalue weighted by atomic mass is 32.2. The Morgan fingerprint density at radius 1 is 1.25 bits per heavy atom. The fourth-order valence-corrected chi connectivity index (χ4v) is 2.86. The maximum absolute atomic E-state index is 12.8. The molecule has 1 rings (SSSR count). The van der Waals surface area contributed by atoms with Crippen LogP contribution in [0.1, 0.15) is 33.3 Å². The molecule has 0 heterocycles. The van der Waals surface area contributed by atoms with E-state index < -0.39 is 32.4 Å². The maximum Gasteiger partial charge on any atom is 0.238 e. The van der Waals surface area contributed by atoms with Gasteiger partial charge in [-0.05, 0) is 45.4 Å². The highest BCUT2D eigenvalue weighted by Gasteiger charge is 2.30. The van der Waals surface area contributed by atoms with Gasteiger partial charge in [-0.25, -0.2) is 12.8 Å². The molecule has 1 aromatic carbocycles. The summed E-state index contributed by atoms with van der Waals surface area (Å²) >= 11 is 0. The zero-order valence-electron chi connectivity index (χ0n) is 12.1. The Kier molecular flexibility index (Phi) is 4.91. The number of rotatable bonds is 4. The number of hydrogen-bond donors (Lipinski definition) is 1. The Labute approximate surface area is 119 Å². The van der Waals surface area contributed by atoms with E-state index in [4.69, 9.17) is 0 Å². The van der Waals surface area contributed by atoms with Crippen LogP contribution in [0, 0.1) is 5.82 Å². The predicted molar refractivity (Wildman–Crippen MR) is 76.4 cm³/mol. The highest BCUT2D eigenvalue weighted by molar-refractivity contribution is 7.92. The fourth-order valence-electron chi connectivity index (χ4n) is 1.57. The van der Waals surface area contributed by atoms with Crippen molar-refractivity contribution in [3.8, 4) is 0 Å². The molecule has 0 spiro atoms. The van der Waals surface area contributed by atoms with Gasteiger partial charge in [0.25, 0.3) is 0 Å². The van der Waals surface area contributed by atoms with Gasteiger partial charge in [-0.15, -0.1) is 0 Å². The summed E-state index contributed by atoms with van der Waals surface area (Å²) in [6.07, 6.45) is 0. The van der Waals surface area contributed by atoms with E-state index in [0.717, 1.165) is 0 Å². The standard InChI is InChI=1S/C14H20FNO3S/c1-10(13(17)16-14(2,3)4)20(18,19)9-11-5-7-12(15)8-6-11/h5-8,10H,9H2,1-4H3,(H,16,17). The van der Waals surface area contributed by atoms with Gasteiger partial charge < -0.3 is 5.32 Å². The topological polar surface area (TPSA) is 63.2 Å². The monoisotopic (exact) mass is 301 g/mol. The van der Waals surface area contributed by atoms with Gasteiger partial charge in [-0.3, -0.25) is 4.79 Å². The van der Waals surface area contributed by atoms with E-state index in [1.807, 2.05) is 0 Å². The first-order valence-corrected chi connectivity index (χ1v) is 8.01. The molecule has 0 aliphatic rings. The lowest BCUT2D eigenvalue weighted by Crippen LogP contribution is -2.47. The van der Waals surface area contributed by atoms with E-state index in [2.05, 4.69) is 5.32 Å². The molecular weight excluding hydrogens is 281 g/mol. The molecule has 1 atom stereocenters. The van der Waals surface area contributed by atoms with Crippen LogP contribution in [0.15, 0.2) is 24.3 Å². The Morgan fingerprint density at radius 3 is 2.20 bits per heavy atom. The molecule has 1 amide bonds. The van der Waals surface area contributed by atoms with E-state index in [9.17, 15) is 17.6 Å². The van der Waals surface area contributed by atoms with E-state index in [0.29, 0.717) is 5.56 Å². The van der Waals surface area contributed by atoms with Crippen molar-refractivity contribution < 1.29 is 17.6 Å². The normalized spacial score (nSPS) is 13.8. The van der Waals surface area contributed by atoms with Crippen molar-refractivity contribution in [3.05, 3.63) is 35.6 Å². The van der Waals surface area contributed by atoms with E-state index >= 15 is 0 Å². The molecule has 4 nitrogen and oxygen atoms in total. The Balaban J connectivity index is 2.82. The zero-order chi connectivity index (χ0) is 15.6. The number of sulfone groups is 1. The summed E-state index contributed by atoms with van der Waals surface area (Å²) in [5.41, 5.74) is -0.0293. The van der Waals surface area contributed by atoms with E-state index in [-0.39, 0.29) is 5.75 Å². The van der Waals surface area contributed by atoms with Crippen molar-refractivity contribution in [2.45, 2.75) is 44.2 Å². The summed E-state index contributed by atoms with van der Waals surface area (Å²) in [6.45, 7) is 6.71. The molecule has 6 heteroatoms. The average molecular weight is 301 g/mol. The number of carbonyl (C=O) groups is 1. The van der Waals surface area contributed by atoms with Gasteiger partial charge in [0.15, 0.2) is 9.84 Å². The van der Waals surface area contributed by atoms with Crippen molar-refractivity contribution in [1.29, 1.82) is 0 Å². The van der Waals surface area contributed by atoms with Crippen LogP contribution in [-0.2, 0) is 20.4 Å². The first-order chi connectivity index (χ1) is 9.01. The molecule has 1 unspecified atom stereocenters. The van der Waals surface area contributed by atoms with Crippen molar-refractivity contribution in [2.75, 3.05) is 0 Å².